The van der Waals surface area contributed by atoms with Crippen molar-refractivity contribution in [3.05, 3.63) is 29.8 Å². The minimum absolute atomic E-state index is 0.162. The molecule has 1 amide bonds. The third-order valence-electron chi connectivity index (χ3n) is 4.63. The number of piperidine rings is 1. The number of amides is 1. The lowest BCUT2D eigenvalue weighted by molar-refractivity contribution is -0.115. The van der Waals surface area contributed by atoms with E-state index >= 15 is 0 Å². The molecule has 1 fully saturated rings. The summed E-state index contributed by atoms with van der Waals surface area (Å²) in [5.74, 6) is 0.454. The van der Waals surface area contributed by atoms with Gasteiger partial charge in [-0.15, -0.1) is 10.2 Å². The van der Waals surface area contributed by atoms with Crippen LogP contribution in [0.15, 0.2) is 28.6 Å². The van der Waals surface area contributed by atoms with Crippen LogP contribution in [-0.4, -0.2) is 37.6 Å². The van der Waals surface area contributed by atoms with Crippen molar-refractivity contribution in [2.45, 2.75) is 44.0 Å². The number of sulfonamides is 1. The Labute approximate surface area is 169 Å². The molecule has 10 heteroatoms. The second-order valence-electron chi connectivity index (χ2n) is 6.96. The standard InChI is InChI=1S/C18H25N5O3S2/c1-3-16(24)20-17-21-22-18(27-17)28(25,26)19-11-14-6-8-15(9-7-14)23-10-4-5-13(2)12-23/h6-9,13,19H,3-5,10-12H2,1-2H3,(H,20,21,24)/t13-/m0/s1. The van der Waals surface area contributed by atoms with Gasteiger partial charge >= 0.3 is 0 Å². The number of hydrogen-bond acceptors (Lipinski definition) is 7. The quantitative estimate of drug-likeness (QED) is 0.664. The van der Waals surface area contributed by atoms with Crippen molar-refractivity contribution in [3.63, 3.8) is 0 Å². The molecule has 1 aliphatic rings. The molecule has 0 bridgehead atoms. The normalized spacial score (nSPS) is 17.5. The molecule has 1 aromatic heterocycles. The van der Waals surface area contributed by atoms with E-state index in [1.54, 1.807) is 6.92 Å². The zero-order valence-corrected chi connectivity index (χ0v) is 17.6. The SMILES string of the molecule is CCC(=O)Nc1nnc(S(=O)(=O)NCc2ccc(N3CCC[C@H](C)C3)cc2)s1. The van der Waals surface area contributed by atoms with Gasteiger partial charge in [0.15, 0.2) is 0 Å². The van der Waals surface area contributed by atoms with E-state index in [1.165, 1.54) is 18.5 Å². The highest BCUT2D eigenvalue weighted by molar-refractivity contribution is 7.91. The number of rotatable bonds is 7. The summed E-state index contributed by atoms with van der Waals surface area (Å²) in [6.07, 6.45) is 2.75. The van der Waals surface area contributed by atoms with Gasteiger partial charge in [-0.3, -0.25) is 4.79 Å². The zero-order valence-electron chi connectivity index (χ0n) is 16.0. The van der Waals surface area contributed by atoms with Crippen LogP contribution in [0.25, 0.3) is 0 Å². The highest BCUT2D eigenvalue weighted by atomic mass is 32.2. The van der Waals surface area contributed by atoms with Gasteiger partial charge < -0.3 is 10.2 Å². The van der Waals surface area contributed by atoms with Gasteiger partial charge in [0.1, 0.15) is 0 Å². The van der Waals surface area contributed by atoms with E-state index in [4.69, 9.17) is 0 Å². The van der Waals surface area contributed by atoms with Crippen molar-refractivity contribution in [3.8, 4) is 0 Å². The fourth-order valence-corrected chi connectivity index (χ4v) is 5.04. The predicted octanol–water partition coefficient (Wildman–Crippen LogP) is 2.60. The van der Waals surface area contributed by atoms with Gasteiger partial charge in [0.05, 0.1) is 0 Å². The lowest BCUT2D eigenvalue weighted by atomic mass is 9.99. The molecule has 8 nitrogen and oxygen atoms in total. The molecule has 3 rings (SSSR count). The maximum Gasteiger partial charge on any atom is 0.270 e. The number of aromatic nitrogens is 2. The summed E-state index contributed by atoms with van der Waals surface area (Å²) in [7, 11) is -3.78. The molecule has 1 aliphatic heterocycles. The molecule has 1 saturated heterocycles. The lowest BCUT2D eigenvalue weighted by Crippen LogP contribution is -2.34. The van der Waals surface area contributed by atoms with E-state index in [9.17, 15) is 13.2 Å². The summed E-state index contributed by atoms with van der Waals surface area (Å²) in [6.45, 7) is 6.24. The van der Waals surface area contributed by atoms with E-state index in [1.807, 2.05) is 24.3 Å². The third-order valence-corrected chi connectivity index (χ3v) is 7.24. The monoisotopic (exact) mass is 423 g/mol. The number of nitrogens with zero attached hydrogens (tertiary/aromatic N) is 3. The average Bonchev–Trinajstić information content (AvgIpc) is 3.16. The third kappa shape index (κ3) is 5.27. The molecule has 152 valence electrons. The first-order valence-corrected chi connectivity index (χ1v) is 11.6. The Hall–Kier alpha value is -2.04. The first-order chi connectivity index (χ1) is 13.4. The lowest BCUT2D eigenvalue weighted by Gasteiger charge is -2.32. The Morgan fingerprint density at radius 3 is 2.71 bits per heavy atom. The number of benzene rings is 1. The molecule has 0 spiro atoms. The number of anilines is 2. The van der Waals surface area contributed by atoms with Crippen LogP contribution in [0.3, 0.4) is 0 Å². The minimum atomic E-state index is -3.78. The molecule has 0 saturated carbocycles. The summed E-state index contributed by atoms with van der Waals surface area (Å²) in [6, 6.07) is 7.93. The van der Waals surface area contributed by atoms with Gasteiger partial charge in [0.25, 0.3) is 10.0 Å². The summed E-state index contributed by atoms with van der Waals surface area (Å²) < 4.78 is 27.2. The van der Waals surface area contributed by atoms with Crippen LogP contribution in [-0.2, 0) is 21.4 Å². The van der Waals surface area contributed by atoms with Crippen molar-refractivity contribution < 1.29 is 13.2 Å². The molecular formula is C18H25N5O3S2. The summed E-state index contributed by atoms with van der Waals surface area (Å²) in [5, 5.41) is 10.1. The number of hydrogen-bond donors (Lipinski definition) is 2. The van der Waals surface area contributed by atoms with Gasteiger partial charge in [-0.2, -0.15) is 0 Å². The van der Waals surface area contributed by atoms with E-state index in [2.05, 4.69) is 32.1 Å². The van der Waals surface area contributed by atoms with Crippen LogP contribution >= 0.6 is 11.3 Å². The number of carbonyl (C=O) groups excluding carboxylic acids is 1. The van der Waals surface area contributed by atoms with Gasteiger partial charge in [-0.25, -0.2) is 13.1 Å². The van der Waals surface area contributed by atoms with Crippen LogP contribution in [0.5, 0.6) is 0 Å². The highest BCUT2D eigenvalue weighted by Crippen LogP contribution is 2.24. The Bertz CT molecular complexity index is 912. The maximum absolute atomic E-state index is 12.4. The Kier molecular flexibility index (Phi) is 6.63. The van der Waals surface area contributed by atoms with E-state index < -0.39 is 10.0 Å². The first kappa shape index (κ1) is 20.7. The molecule has 1 aromatic carbocycles. The van der Waals surface area contributed by atoms with Crippen molar-refractivity contribution in [2.24, 2.45) is 5.92 Å². The molecule has 2 N–H and O–H groups in total. The Morgan fingerprint density at radius 2 is 2.04 bits per heavy atom. The second-order valence-corrected chi connectivity index (χ2v) is 9.88. The smallest absolute Gasteiger partial charge is 0.270 e. The first-order valence-electron chi connectivity index (χ1n) is 9.34. The molecule has 2 heterocycles. The van der Waals surface area contributed by atoms with Crippen LogP contribution in [0.1, 0.15) is 38.7 Å². The van der Waals surface area contributed by atoms with Crippen LogP contribution in [0.2, 0.25) is 0 Å². The van der Waals surface area contributed by atoms with Gasteiger partial charge in [-0.05, 0) is 36.5 Å². The zero-order chi connectivity index (χ0) is 20.1. The largest absolute Gasteiger partial charge is 0.371 e. The van der Waals surface area contributed by atoms with E-state index in [-0.39, 0.29) is 28.3 Å². The fourth-order valence-electron chi connectivity index (χ4n) is 3.07. The van der Waals surface area contributed by atoms with Crippen molar-refractivity contribution >= 4 is 38.1 Å². The number of nitrogens with one attached hydrogen (secondary N) is 2. The molecule has 0 radical (unpaired) electrons. The molecule has 28 heavy (non-hydrogen) atoms. The molecule has 2 aromatic rings. The Balaban J connectivity index is 1.59. The minimum Gasteiger partial charge on any atom is -0.371 e. The molecular weight excluding hydrogens is 398 g/mol. The molecule has 0 unspecified atom stereocenters. The second kappa shape index (κ2) is 8.97. The highest BCUT2D eigenvalue weighted by Gasteiger charge is 2.21. The summed E-state index contributed by atoms with van der Waals surface area (Å²) in [4.78, 5) is 13.7. The number of carbonyl (C=O) groups is 1. The van der Waals surface area contributed by atoms with Crippen LogP contribution in [0.4, 0.5) is 10.8 Å². The Morgan fingerprint density at radius 1 is 1.29 bits per heavy atom. The molecule has 1 atom stereocenters. The average molecular weight is 424 g/mol. The van der Waals surface area contributed by atoms with E-state index in [0.29, 0.717) is 5.92 Å². The van der Waals surface area contributed by atoms with Crippen LogP contribution < -0.4 is 14.9 Å². The van der Waals surface area contributed by atoms with Crippen molar-refractivity contribution in [1.29, 1.82) is 0 Å². The molecule has 0 aliphatic carbocycles. The van der Waals surface area contributed by atoms with Crippen molar-refractivity contribution in [1.82, 2.24) is 14.9 Å². The summed E-state index contributed by atoms with van der Waals surface area (Å²) in [5.41, 5.74) is 2.03. The van der Waals surface area contributed by atoms with Crippen LogP contribution in [0, 0.1) is 5.92 Å². The predicted molar refractivity (Wildman–Crippen MR) is 110 cm³/mol. The van der Waals surface area contributed by atoms with Gasteiger partial charge in [0, 0.05) is 31.7 Å². The van der Waals surface area contributed by atoms with Crippen molar-refractivity contribution in [2.75, 3.05) is 23.3 Å². The van der Waals surface area contributed by atoms with E-state index in [0.717, 1.165) is 30.0 Å². The van der Waals surface area contributed by atoms with Gasteiger partial charge in [-0.1, -0.05) is 37.3 Å². The summed E-state index contributed by atoms with van der Waals surface area (Å²) >= 11 is 0.829. The topological polar surface area (TPSA) is 104 Å². The maximum atomic E-state index is 12.4. The van der Waals surface area contributed by atoms with Gasteiger partial charge in [0.2, 0.25) is 15.4 Å². The fraction of sp³-hybridized carbons (Fsp3) is 0.500.